The SMILES string of the molecule is Cl.NCCN(CCc1ccccc1)C(=O)CSCc1coc(-c2ccccc2)n1. The van der Waals surface area contributed by atoms with Crippen molar-refractivity contribution in [1.29, 1.82) is 0 Å². The van der Waals surface area contributed by atoms with Gasteiger partial charge in [0.05, 0.1) is 11.4 Å². The van der Waals surface area contributed by atoms with Crippen molar-refractivity contribution < 1.29 is 9.21 Å². The Labute approximate surface area is 182 Å². The number of carbonyl (C=O) groups is 1. The Morgan fingerprint density at radius 1 is 1.03 bits per heavy atom. The van der Waals surface area contributed by atoms with Crippen molar-refractivity contribution in [2.24, 2.45) is 5.73 Å². The van der Waals surface area contributed by atoms with Crippen molar-refractivity contribution in [3.8, 4) is 11.5 Å². The summed E-state index contributed by atoms with van der Waals surface area (Å²) in [7, 11) is 0. The zero-order chi connectivity index (χ0) is 19.6. The molecule has 2 N–H and O–H groups in total. The van der Waals surface area contributed by atoms with Gasteiger partial charge >= 0.3 is 0 Å². The molecule has 0 aliphatic carbocycles. The molecule has 3 rings (SSSR count). The summed E-state index contributed by atoms with van der Waals surface area (Å²) in [5.74, 6) is 1.76. The van der Waals surface area contributed by atoms with Crippen LogP contribution in [0.2, 0.25) is 0 Å². The van der Waals surface area contributed by atoms with Crippen molar-refractivity contribution in [3.05, 3.63) is 78.2 Å². The van der Waals surface area contributed by atoms with E-state index in [1.807, 2.05) is 53.4 Å². The van der Waals surface area contributed by atoms with Crippen molar-refractivity contribution in [1.82, 2.24) is 9.88 Å². The van der Waals surface area contributed by atoms with Gasteiger partial charge in [0.2, 0.25) is 11.8 Å². The average Bonchev–Trinajstić information content (AvgIpc) is 3.21. The number of nitrogens with zero attached hydrogens (tertiary/aromatic N) is 2. The number of amides is 1. The number of rotatable bonds is 10. The van der Waals surface area contributed by atoms with Crippen LogP contribution < -0.4 is 5.73 Å². The van der Waals surface area contributed by atoms with Crippen LogP contribution in [0.3, 0.4) is 0 Å². The summed E-state index contributed by atoms with van der Waals surface area (Å²) < 4.78 is 5.55. The molecule has 0 saturated carbocycles. The van der Waals surface area contributed by atoms with Gasteiger partial charge in [-0.1, -0.05) is 48.5 Å². The van der Waals surface area contributed by atoms with Crippen LogP contribution in [-0.4, -0.2) is 41.2 Å². The maximum absolute atomic E-state index is 12.6. The van der Waals surface area contributed by atoms with Gasteiger partial charge in [-0.2, -0.15) is 0 Å². The van der Waals surface area contributed by atoms with Gasteiger partial charge in [-0.05, 0) is 24.1 Å². The summed E-state index contributed by atoms with van der Waals surface area (Å²) in [4.78, 5) is 18.9. The van der Waals surface area contributed by atoms with Crippen LogP contribution in [0, 0.1) is 0 Å². The molecule has 7 heteroatoms. The molecule has 0 aliphatic rings. The molecule has 0 fully saturated rings. The molecule has 0 unspecified atom stereocenters. The van der Waals surface area contributed by atoms with Crippen LogP contribution in [0.5, 0.6) is 0 Å². The average molecular weight is 432 g/mol. The van der Waals surface area contributed by atoms with Crippen molar-refractivity contribution in [2.75, 3.05) is 25.4 Å². The first-order valence-electron chi connectivity index (χ1n) is 9.35. The highest BCUT2D eigenvalue weighted by Gasteiger charge is 2.14. The second-order valence-electron chi connectivity index (χ2n) is 6.41. The lowest BCUT2D eigenvalue weighted by Gasteiger charge is -2.22. The van der Waals surface area contributed by atoms with E-state index in [-0.39, 0.29) is 18.3 Å². The minimum Gasteiger partial charge on any atom is -0.444 e. The van der Waals surface area contributed by atoms with Gasteiger partial charge in [0.15, 0.2) is 0 Å². The number of benzene rings is 2. The van der Waals surface area contributed by atoms with Gasteiger partial charge in [-0.15, -0.1) is 24.2 Å². The van der Waals surface area contributed by atoms with Crippen molar-refractivity contribution >= 4 is 30.1 Å². The van der Waals surface area contributed by atoms with Crippen LogP contribution >= 0.6 is 24.2 Å². The molecule has 0 bridgehead atoms. The van der Waals surface area contributed by atoms with Crippen LogP contribution in [0.25, 0.3) is 11.5 Å². The Hall–Kier alpha value is -2.28. The Morgan fingerprint density at radius 2 is 1.72 bits per heavy atom. The molecule has 1 aromatic heterocycles. The monoisotopic (exact) mass is 431 g/mol. The summed E-state index contributed by atoms with van der Waals surface area (Å²) in [5.41, 5.74) is 8.70. The number of carbonyl (C=O) groups excluding carboxylic acids is 1. The number of halogens is 1. The lowest BCUT2D eigenvalue weighted by Crippen LogP contribution is -2.38. The van der Waals surface area contributed by atoms with E-state index in [4.69, 9.17) is 10.2 Å². The van der Waals surface area contributed by atoms with E-state index in [1.54, 1.807) is 18.0 Å². The molecule has 154 valence electrons. The minimum absolute atomic E-state index is 0. The zero-order valence-corrected chi connectivity index (χ0v) is 17.8. The molecule has 0 aliphatic heterocycles. The van der Waals surface area contributed by atoms with E-state index in [0.717, 1.165) is 17.7 Å². The fourth-order valence-electron chi connectivity index (χ4n) is 2.85. The van der Waals surface area contributed by atoms with E-state index in [9.17, 15) is 4.79 Å². The third-order valence-electron chi connectivity index (χ3n) is 4.31. The van der Waals surface area contributed by atoms with Gasteiger partial charge in [0, 0.05) is 31.0 Å². The highest BCUT2D eigenvalue weighted by atomic mass is 35.5. The summed E-state index contributed by atoms with van der Waals surface area (Å²) in [6.07, 6.45) is 2.49. The van der Waals surface area contributed by atoms with E-state index in [2.05, 4.69) is 17.1 Å². The lowest BCUT2D eigenvalue weighted by molar-refractivity contribution is -0.128. The molecule has 1 heterocycles. The largest absolute Gasteiger partial charge is 0.444 e. The van der Waals surface area contributed by atoms with Gasteiger partial charge < -0.3 is 15.1 Å². The fourth-order valence-corrected chi connectivity index (χ4v) is 3.65. The van der Waals surface area contributed by atoms with Crippen molar-refractivity contribution in [3.63, 3.8) is 0 Å². The Bertz CT molecular complexity index is 859. The van der Waals surface area contributed by atoms with Crippen LogP contribution in [-0.2, 0) is 17.0 Å². The van der Waals surface area contributed by atoms with E-state index in [0.29, 0.717) is 37.0 Å². The normalized spacial score (nSPS) is 10.4. The number of nitrogens with two attached hydrogens (primary N) is 1. The van der Waals surface area contributed by atoms with E-state index in [1.165, 1.54) is 5.56 Å². The molecule has 0 radical (unpaired) electrons. The van der Waals surface area contributed by atoms with E-state index < -0.39 is 0 Å². The second-order valence-corrected chi connectivity index (χ2v) is 7.39. The molecule has 0 spiro atoms. The predicted octanol–water partition coefficient (Wildman–Crippen LogP) is 4.03. The second kappa shape index (κ2) is 12.3. The lowest BCUT2D eigenvalue weighted by atomic mass is 10.1. The number of thioether (sulfide) groups is 1. The van der Waals surface area contributed by atoms with Crippen LogP contribution in [0.4, 0.5) is 0 Å². The molecule has 1 amide bonds. The molecule has 0 atom stereocenters. The smallest absolute Gasteiger partial charge is 0.232 e. The van der Waals surface area contributed by atoms with Crippen LogP contribution in [0.1, 0.15) is 11.3 Å². The number of aromatic nitrogens is 1. The summed E-state index contributed by atoms with van der Waals surface area (Å²) in [5, 5.41) is 0. The standard InChI is InChI=1S/C22H25N3O2S.ClH/c23-12-14-25(13-11-18-7-3-1-4-8-18)21(26)17-28-16-20-15-27-22(24-20)19-9-5-2-6-10-19;/h1-10,15H,11-14,16-17,23H2;1H. The van der Waals surface area contributed by atoms with E-state index >= 15 is 0 Å². The van der Waals surface area contributed by atoms with Crippen LogP contribution in [0.15, 0.2) is 71.3 Å². The molecule has 29 heavy (non-hydrogen) atoms. The van der Waals surface area contributed by atoms with Crippen molar-refractivity contribution in [2.45, 2.75) is 12.2 Å². The topological polar surface area (TPSA) is 72.4 Å². The molecule has 3 aromatic rings. The molecule has 2 aromatic carbocycles. The first-order valence-corrected chi connectivity index (χ1v) is 10.5. The van der Waals surface area contributed by atoms with Gasteiger partial charge in [-0.25, -0.2) is 4.98 Å². The third kappa shape index (κ3) is 7.24. The molecule has 5 nitrogen and oxygen atoms in total. The highest BCUT2D eigenvalue weighted by Crippen LogP contribution is 2.20. The molecule has 0 saturated heterocycles. The summed E-state index contributed by atoms with van der Waals surface area (Å²) in [6.45, 7) is 1.73. The number of oxazole rings is 1. The first kappa shape index (κ1) is 23.0. The third-order valence-corrected chi connectivity index (χ3v) is 5.26. The Kier molecular flexibility index (Phi) is 9.77. The first-order chi connectivity index (χ1) is 13.8. The Balaban J connectivity index is 0.00000300. The van der Waals surface area contributed by atoms with Gasteiger partial charge in [0.1, 0.15) is 6.26 Å². The fraction of sp³-hybridized carbons (Fsp3) is 0.273. The number of hydrogen-bond donors (Lipinski definition) is 1. The quantitative estimate of drug-likeness (QED) is 0.524. The van der Waals surface area contributed by atoms with Gasteiger partial charge in [-0.3, -0.25) is 4.79 Å². The Morgan fingerprint density at radius 3 is 2.41 bits per heavy atom. The summed E-state index contributed by atoms with van der Waals surface area (Å²) >= 11 is 1.54. The predicted molar refractivity (Wildman–Crippen MR) is 121 cm³/mol. The maximum Gasteiger partial charge on any atom is 0.232 e. The minimum atomic E-state index is 0. The zero-order valence-electron chi connectivity index (χ0n) is 16.2. The molecular weight excluding hydrogens is 406 g/mol. The van der Waals surface area contributed by atoms with Gasteiger partial charge in [0.25, 0.3) is 0 Å². The number of hydrogen-bond acceptors (Lipinski definition) is 5. The highest BCUT2D eigenvalue weighted by molar-refractivity contribution is 7.99. The summed E-state index contributed by atoms with van der Waals surface area (Å²) in [6, 6.07) is 20.0. The molecular formula is C22H26ClN3O2S. The maximum atomic E-state index is 12.6.